The number of carbonyl (C=O) groups excluding carboxylic acids is 1. The molecule has 2 aromatic rings. The smallest absolute Gasteiger partial charge is 0.315 e. The van der Waals surface area contributed by atoms with E-state index in [-0.39, 0.29) is 18.2 Å². The van der Waals surface area contributed by atoms with Gasteiger partial charge in [0.1, 0.15) is 0 Å². The summed E-state index contributed by atoms with van der Waals surface area (Å²) in [6.45, 7) is 6.02. The topological polar surface area (TPSA) is 68.0 Å². The van der Waals surface area contributed by atoms with E-state index in [1.54, 1.807) is 12.0 Å². The highest BCUT2D eigenvalue weighted by molar-refractivity contribution is 5.73. The summed E-state index contributed by atoms with van der Waals surface area (Å²) in [6, 6.07) is 15.8. The fraction of sp³-hybridized carbons (Fsp3) is 0.409. The van der Waals surface area contributed by atoms with Crippen molar-refractivity contribution in [1.82, 2.24) is 4.90 Å². The number of piperazine rings is 1. The maximum absolute atomic E-state index is 12.0. The first kappa shape index (κ1) is 19.9. The van der Waals surface area contributed by atoms with Crippen LogP contribution in [0.1, 0.15) is 19.4 Å². The van der Waals surface area contributed by atoms with Gasteiger partial charge < -0.3 is 25.0 Å². The van der Waals surface area contributed by atoms with E-state index < -0.39 is 0 Å². The van der Waals surface area contributed by atoms with E-state index in [4.69, 9.17) is 15.2 Å². The summed E-state index contributed by atoms with van der Waals surface area (Å²) in [4.78, 5) is 16.0. The lowest BCUT2D eigenvalue weighted by molar-refractivity contribution is 0.174. The van der Waals surface area contributed by atoms with Gasteiger partial charge in [-0.25, -0.2) is 4.79 Å². The van der Waals surface area contributed by atoms with E-state index in [0.717, 1.165) is 24.4 Å². The molecule has 2 N–H and O–H groups in total. The van der Waals surface area contributed by atoms with Crippen molar-refractivity contribution in [1.29, 1.82) is 0 Å². The largest absolute Gasteiger partial charge is 0.493 e. The quantitative estimate of drug-likeness (QED) is 0.831. The van der Waals surface area contributed by atoms with E-state index in [1.807, 2.05) is 50.2 Å². The van der Waals surface area contributed by atoms with Gasteiger partial charge in [0.15, 0.2) is 11.5 Å². The molecule has 1 atom stereocenters. The Labute approximate surface area is 166 Å². The molecule has 2 aromatic carbocycles. The molecule has 0 aromatic heterocycles. The van der Waals surface area contributed by atoms with Crippen molar-refractivity contribution < 1.29 is 14.3 Å². The van der Waals surface area contributed by atoms with Crippen LogP contribution in [0.4, 0.5) is 10.5 Å². The molecule has 6 heteroatoms. The van der Waals surface area contributed by atoms with E-state index in [1.165, 1.54) is 5.56 Å². The average Bonchev–Trinajstić information content (AvgIpc) is 2.68. The van der Waals surface area contributed by atoms with Gasteiger partial charge in [-0.15, -0.1) is 0 Å². The molecule has 1 fully saturated rings. The van der Waals surface area contributed by atoms with Crippen LogP contribution in [0.5, 0.6) is 11.5 Å². The number of nitrogens with zero attached hydrogens (tertiary/aromatic N) is 2. The van der Waals surface area contributed by atoms with Crippen LogP contribution in [0.3, 0.4) is 0 Å². The maximum atomic E-state index is 12.0. The number of urea groups is 1. The molecule has 1 aliphatic heterocycles. The van der Waals surface area contributed by atoms with Gasteiger partial charge in [-0.2, -0.15) is 0 Å². The fourth-order valence-corrected chi connectivity index (χ4v) is 3.65. The van der Waals surface area contributed by atoms with Crippen LogP contribution in [0, 0.1) is 0 Å². The minimum absolute atomic E-state index is 0.0187. The molecule has 0 radical (unpaired) electrons. The number of rotatable bonds is 6. The Balaban J connectivity index is 1.82. The Morgan fingerprint density at radius 3 is 2.54 bits per heavy atom. The van der Waals surface area contributed by atoms with Crippen LogP contribution in [-0.2, 0) is 6.42 Å². The first-order chi connectivity index (χ1) is 13.5. The Morgan fingerprint density at radius 2 is 1.89 bits per heavy atom. The van der Waals surface area contributed by atoms with Crippen molar-refractivity contribution in [3.63, 3.8) is 0 Å². The zero-order valence-corrected chi connectivity index (χ0v) is 16.8. The Bertz CT molecular complexity index is 795. The molecule has 1 aliphatic rings. The van der Waals surface area contributed by atoms with Gasteiger partial charge in [-0.1, -0.05) is 30.3 Å². The predicted octanol–water partition coefficient (Wildman–Crippen LogP) is 3.29. The Morgan fingerprint density at radius 1 is 1.14 bits per heavy atom. The molecule has 0 bridgehead atoms. The number of primary amides is 1. The molecule has 0 spiro atoms. The number of ether oxygens (including phenoxy) is 2. The molecule has 1 heterocycles. The number of nitrogens with two attached hydrogens (primary N) is 1. The summed E-state index contributed by atoms with van der Waals surface area (Å²) in [7, 11) is 1.64. The highest BCUT2D eigenvalue weighted by Gasteiger charge is 2.30. The first-order valence-electron chi connectivity index (χ1n) is 9.67. The lowest BCUT2D eigenvalue weighted by Gasteiger charge is -2.42. The van der Waals surface area contributed by atoms with E-state index in [9.17, 15) is 4.79 Å². The van der Waals surface area contributed by atoms with Crippen LogP contribution in [-0.4, -0.2) is 49.8 Å². The van der Waals surface area contributed by atoms with E-state index in [0.29, 0.717) is 18.8 Å². The molecule has 28 heavy (non-hydrogen) atoms. The van der Waals surface area contributed by atoms with Gasteiger partial charge in [-0.3, -0.25) is 0 Å². The third-order valence-corrected chi connectivity index (χ3v) is 4.95. The highest BCUT2D eigenvalue weighted by Crippen LogP contribution is 2.33. The van der Waals surface area contributed by atoms with Gasteiger partial charge in [0.25, 0.3) is 0 Å². The predicted molar refractivity (Wildman–Crippen MR) is 111 cm³/mol. The third kappa shape index (κ3) is 4.68. The van der Waals surface area contributed by atoms with E-state index in [2.05, 4.69) is 17.0 Å². The molecule has 1 saturated heterocycles. The Hall–Kier alpha value is -2.89. The number of benzene rings is 2. The maximum Gasteiger partial charge on any atom is 0.315 e. The highest BCUT2D eigenvalue weighted by atomic mass is 16.5. The lowest BCUT2D eigenvalue weighted by Crippen LogP contribution is -2.57. The van der Waals surface area contributed by atoms with Crippen LogP contribution >= 0.6 is 0 Å². The minimum atomic E-state index is -0.362. The van der Waals surface area contributed by atoms with Crippen molar-refractivity contribution in [2.45, 2.75) is 32.4 Å². The van der Waals surface area contributed by atoms with Crippen molar-refractivity contribution >= 4 is 11.7 Å². The van der Waals surface area contributed by atoms with E-state index >= 15 is 0 Å². The number of hydrogen-bond acceptors (Lipinski definition) is 4. The number of hydrogen-bond donors (Lipinski definition) is 1. The normalized spacial score (nSPS) is 16.9. The SMILES string of the molecule is COc1ccc(N2CCN(C(N)=O)C(Cc3ccccc3)C2)cc1OC(C)C. The molecule has 150 valence electrons. The summed E-state index contributed by atoms with van der Waals surface area (Å²) in [5, 5.41) is 0. The second-order valence-electron chi connectivity index (χ2n) is 7.32. The summed E-state index contributed by atoms with van der Waals surface area (Å²) in [5.41, 5.74) is 7.89. The second-order valence-corrected chi connectivity index (χ2v) is 7.32. The van der Waals surface area contributed by atoms with Gasteiger partial charge in [0.05, 0.1) is 19.3 Å². The lowest BCUT2D eigenvalue weighted by atomic mass is 10.0. The first-order valence-corrected chi connectivity index (χ1v) is 9.67. The zero-order chi connectivity index (χ0) is 20.1. The van der Waals surface area contributed by atoms with Crippen molar-refractivity contribution in [3.8, 4) is 11.5 Å². The summed E-state index contributed by atoms with van der Waals surface area (Å²) in [6.07, 6.45) is 0.827. The third-order valence-electron chi connectivity index (χ3n) is 4.95. The fourth-order valence-electron chi connectivity index (χ4n) is 3.65. The van der Waals surface area contributed by atoms with Crippen LogP contribution in [0.15, 0.2) is 48.5 Å². The Kier molecular flexibility index (Phi) is 6.29. The van der Waals surface area contributed by atoms with Gasteiger partial charge in [0.2, 0.25) is 0 Å². The molecular formula is C22H29N3O3. The van der Waals surface area contributed by atoms with Crippen molar-refractivity contribution in [2.24, 2.45) is 5.73 Å². The van der Waals surface area contributed by atoms with Crippen LogP contribution in [0.25, 0.3) is 0 Å². The minimum Gasteiger partial charge on any atom is -0.493 e. The molecule has 3 rings (SSSR count). The molecule has 6 nitrogen and oxygen atoms in total. The number of carbonyl (C=O) groups is 1. The zero-order valence-electron chi connectivity index (χ0n) is 16.8. The summed E-state index contributed by atoms with van der Waals surface area (Å²) in [5.74, 6) is 1.45. The van der Waals surface area contributed by atoms with Gasteiger partial charge in [-0.05, 0) is 38.0 Å². The van der Waals surface area contributed by atoms with Gasteiger partial charge >= 0.3 is 6.03 Å². The number of amides is 2. The standard InChI is InChI=1S/C22H29N3O3/c1-16(2)28-21-14-18(9-10-20(21)27-3)24-11-12-25(22(23)26)19(15-24)13-17-7-5-4-6-8-17/h4-10,14,16,19H,11-13,15H2,1-3H3,(H2,23,26). The second kappa shape index (κ2) is 8.87. The van der Waals surface area contributed by atoms with Crippen LogP contribution < -0.4 is 20.1 Å². The molecular weight excluding hydrogens is 354 g/mol. The summed E-state index contributed by atoms with van der Waals surface area (Å²) < 4.78 is 11.3. The van der Waals surface area contributed by atoms with Crippen molar-refractivity contribution in [2.75, 3.05) is 31.6 Å². The molecule has 1 unspecified atom stereocenters. The van der Waals surface area contributed by atoms with Crippen LogP contribution in [0.2, 0.25) is 0 Å². The average molecular weight is 383 g/mol. The number of methoxy groups -OCH3 is 1. The molecule has 0 aliphatic carbocycles. The molecule has 2 amide bonds. The van der Waals surface area contributed by atoms with Gasteiger partial charge in [0, 0.05) is 31.4 Å². The number of anilines is 1. The summed E-state index contributed by atoms with van der Waals surface area (Å²) >= 11 is 0. The van der Waals surface area contributed by atoms with Crippen molar-refractivity contribution in [3.05, 3.63) is 54.1 Å². The molecule has 0 saturated carbocycles. The monoisotopic (exact) mass is 383 g/mol.